The first kappa shape index (κ1) is 17.1. The third kappa shape index (κ3) is 4.04. The first-order valence-electron chi connectivity index (χ1n) is 8.45. The largest absolute Gasteiger partial charge is 0.361 e. The Balaban J connectivity index is 1.51. The molecule has 0 saturated heterocycles. The van der Waals surface area contributed by atoms with Crippen LogP contribution in [0.25, 0.3) is 10.9 Å². The quantitative estimate of drug-likeness (QED) is 0.574. The van der Waals surface area contributed by atoms with Crippen molar-refractivity contribution < 1.29 is 4.39 Å². The van der Waals surface area contributed by atoms with Crippen molar-refractivity contribution in [2.45, 2.75) is 37.0 Å². The van der Waals surface area contributed by atoms with Crippen LogP contribution in [0.15, 0.2) is 29.4 Å². The average Bonchev–Trinajstić information content (AvgIpc) is 3.20. The van der Waals surface area contributed by atoms with Crippen molar-refractivity contribution in [2.75, 3.05) is 19.8 Å². The van der Waals surface area contributed by atoms with Crippen molar-refractivity contribution in [1.82, 2.24) is 15.6 Å². The van der Waals surface area contributed by atoms with Crippen LogP contribution in [0.1, 0.15) is 24.8 Å². The smallest absolute Gasteiger partial charge is 0.191 e. The lowest BCUT2D eigenvalue weighted by Crippen LogP contribution is -2.43. The zero-order valence-corrected chi connectivity index (χ0v) is 15.0. The molecule has 1 heterocycles. The molecule has 0 aliphatic heterocycles. The van der Waals surface area contributed by atoms with Crippen LogP contribution in [0.5, 0.6) is 0 Å². The summed E-state index contributed by atoms with van der Waals surface area (Å²) in [5.74, 6) is 0.659. The molecule has 1 fully saturated rings. The highest BCUT2D eigenvalue weighted by molar-refractivity contribution is 7.99. The van der Waals surface area contributed by atoms with E-state index in [9.17, 15) is 4.39 Å². The fourth-order valence-electron chi connectivity index (χ4n) is 3.35. The summed E-state index contributed by atoms with van der Waals surface area (Å²) in [7, 11) is 1.81. The predicted octanol–water partition coefficient (Wildman–Crippen LogP) is 3.30. The summed E-state index contributed by atoms with van der Waals surface area (Å²) in [4.78, 5) is 7.46. The van der Waals surface area contributed by atoms with Crippen molar-refractivity contribution in [1.29, 1.82) is 0 Å². The summed E-state index contributed by atoms with van der Waals surface area (Å²) >= 11 is 1.96. The molecule has 1 aliphatic rings. The number of guanidine groups is 1. The summed E-state index contributed by atoms with van der Waals surface area (Å²) in [5.41, 5.74) is 2.04. The molecule has 0 amide bonds. The van der Waals surface area contributed by atoms with Crippen LogP contribution in [0.4, 0.5) is 4.39 Å². The highest BCUT2D eigenvalue weighted by Gasteiger charge is 2.24. The molecular formula is C18H25FN4S. The summed E-state index contributed by atoms with van der Waals surface area (Å²) in [5, 5.41) is 8.76. The standard InChI is InChI=1S/C18H25FN4S/c1-20-18(23-14-4-5-15(10-14)24-2)21-8-7-12-11-22-17-9-13(19)3-6-16(12)17/h3,6,9,11,14-15,22H,4-5,7-8,10H2,1-2H3,(H2,20,21,23). The van der Waals surface area contributed by atoms with E-state index in [1.54, 1.807) is 0 Å². The molecular weight excluding hydrogens is 323 g/mol. The second-order valence-corrected chi connectivity index (χ2v) is 7.40. The maximum absolute atomic E-state index is 13.2. The molecule has 0 bridgehead atoms. The molecule has 2 unspecified atom stereocenters. The van der Waals surface area contributed by atoms with Crippen LogP contribution >= 0.6 is 11.8 Å². The normalized spacial score (nSPS) is 21.4. The number of aliphatic imine (C=N–C) groups is 1. The lowest BCUT2D eigenvalue weighted by atomic mass is 10.1. The fraction of sp³-hybridized carbons (Fsp3) is 0.500. The Bertz CT molecular complexity index is 712. The number of aromatic nitrogens is 1. The van der Waals surface area contributed by atoms with Gasteiger partial charge < -0.3 is 15.6 Å². The van der Waals surface area contributed by atoms with E-state index >= 15 is 0 Å². The highest BCUT2D eigenvalue weighted by Crippen LogP contribution is 2.28. The Morgan fingerprint density at radius 1 is 1.42 bits per heavy atom. The van der Waals surface area contributed by atoms with E-state index in [-0.39, 0.29) is 5.82 Å². The van der Waals surface area contributed by atoms with Gasteiger partial charge >= 0.3 is 0 Å². The molecule has 130 valence electrons. The maximum Gasteiger partial charge on any atom is 0.191 e. The summed E-state index contributed by atoms with van der Waals surface area (Å²) in [6, 6.07) is 5.40. The molecule has 1 aromatic carbocycles. The van der Waals surface area contributed by atoms with Gasteiger partial charge in [0, 0.05) is 42.0 Å². The number of hydrogen-bond donors (Lipinski definition) is 3. The van der Waals surface area contributed by atoms with Crippen LogP contribution in [0, 0.1) is 5.82 Å². The monoisotopic (exact) mass is 348 g/mol. The van der Waals surface area contributed by atoms with Crippen molar-refractivity contribution in [3.63, 3.8) is 0 Å². The minimum atomic E-state index is -0.210. The van der Waals surface area contributed by atoms with Gasteiger partial charge in [-0.3, -0.25) is 4.99 Å². The van der Waals surface area contributed by atoms with E-state index in [4.69, 9.17) is 0 Å². The molecule has 2 aromatic rings. The average molecular weight is 348 g/mol. The van der Waals surface area contributed by atoms with Gasteiger partial charge in [0.15, 0.2) is 5.96 Å². The Morgan fingerprint density at radius 2 is 2.29 bits per heavy atom. The van der Waals surface area contributed by atoms with Gasteiger partial charge in [-0.1, -0.05) is 0 Å². The maximum atomic E-state index is 13.2. The van der Waals surface area contributed by atoms with Crippen LogP contribution in [-0.2, 0) is 6.42 Å². The van der Waals surface area contributed by atoms with Crippen LogP contribution in [0.3, 0.4) is 0 Å². The fourth-order valence-corrected chi connectivity index (χ4v) is 4.15. The van der Waals surface area contributed by atoms with Crippen molar-refractivity contribution in [3.8, 4) is 0 Å². The lowest BCUT2D eigenvalue weighted by Gasteiger charge is -2.17. The number of halogens is 1. The summed E-state index contributed by atoms with van der Waals surface area (Å²) in [6.07, 6.45) is 8.71. The van der Waals surface area contributed by atoms with Gasteiger partial charge in [-0.15, -0.1) is 0 Å². The Hall–Kier alpha value is -1.69. The van der Waals surface area contributed by atoms with Crippen molar-refractivity contribution >= 4 is 28.6 Å². The first-order chi connectivity index (χ1) is 11.7. The van der Waals surface area contributed by atoms with Gasteiger partial charge in [0.1, 0.15) is 5.82 Å². The van der Waals surface area contributed by atoms with Crippen molar-refractivity contribution in [2.24, 2.45) is 4.99 Å². The number of H-pyrrole nitrogens is 1. The molecule has 3 N–H and O–H groups in total. The molecule has 3 rings (SSSR count). The van der Waals surface area contributed by atoms with E-state index in [1.807, 2.05) is 31.1 Å². The minimum absolute atomic E-state index is 0.210. The number of nitrogens with one attached hydrogen (secondary N) is 3. The number of aromatic amines is 1. The third-order valence-corrected chi connectivity index (χ3v) is 5.79. The molecule has 1 saturated carbocycles. The third-order valence-electron chi connectivity index (χ3n) is 4.70. The van der Waals surface area contributed by atoms with Gasteiger partial charge in [0.2, 0.25) is 0 Å². The molecule has 1 aliphatic carbocycles. The number of hydrogen-bond acceptors (Lipinski definition) is 2. The highest BCUT2D eigenvalue weighted by atomic mass is 32.2. The zero-order valence-electron chi connectivity index (χ0n) is 14.2. The Labute approximate surface area is 146 Å². The molecule has 0 spiro atoms. The van der Waals surface area contributed by atoms with E-state index in [0.717, 1.165) is 35.1 Å². The molecule has 6 heteroatoms. The van der Waals surface area contributed by atoms with E-state index in [2.05, 4.69) is 26.9 Å². The number of thioether (sulfide) groups is 1. The topological polar surface area (TPSA) is 52.2 Å². The van der Waals surface area contributed by atoms with E-state index < -0.39 is 0 Å². The van der Waals surface area contributed by atoms with Crippen LogP contribution < -0.4 is 10.6 Å². The Kier molecular flexibility index (Phi) is 5.66. The Morgan fingerprint density at radius 3 is 3.04 bits per heavy atom. The molecule has 1 aromatic heterocycles. The second-order valence-electron chi connectivity index (χ2n) is 6.26. The first-order valence-corrected chi connectivity index (χ1v) is 9.74. The van der Waals surface area contributed by atoms with Crippen LogP contribution in [-0.4, -0.2) is 42.1 Å². The van der Waals surface area contributed by atoms with Gasteiger partial charge in [-0.25, -0.2) is 4.39 Å². The van der Waals surface area contributed by atoms with Gasteiger partial charge in [-0.2, -0.15) is 11.8 Å². The van der Waals surface area contributed by atoms with E-state index in [1.165, 1.54) is 37.0 Å². The predicted molar refractivity (Wildman–Crippen MR) is 101 cm³/mol. The molecule has 0 radical (unpaired) electrons. The van der Waals surface area contributed by atoms with Crippen molar-refractivity contribution in [3.05, 3.63) is 35.8 Å². The van der Waals surface area contributed by atoms with Gasteiger partial charge in [0.25, 0.3) is 0 Å². The number of nitrogens with zero attached hydrogens (tertiary/aromatic N) is 1. The van der Waals surface area contributed by atoms with E-state index in [0.29, 0.717) is 6.04 Å². The SMILES string of the molecule is CN=C(NCCc1c[nH]c2cc(F)ccc12)NC1CCC(SC)C1. The van der Waals surface area contributed by atoms with Crippen LogP contribution in [0.2, 0.25) is 0 Å². The summed E-state index contributed by atoms with van der Waals surface area (Å²) in [6.45, 7) is 0.794. The molecule has 24 heavy (non-hydrogen) atoms. The zero-order chi connectivity index (χ0) is 16.9. The van der Waals surface area contributed by atoms with Gasteiger partial charge in [0.05, 0.1) is 0 Å². The van der Waals surface area contributed by atoms with Gasteiger partial charge in [-0.05, 0) is 55.7 Å². The number of benzene rings is 1. The lowest BCUT2D eigenvalue weighted by molar-refractivity contribution is 0.615. The number of rotatable bonds is 5. The second kappa shape index (κ2) is 7.92. The minimum Gasteiger partial charge on any atom is -0.361 e. The molecule has 4 nitrogen and oxygen atoms in total. The number of fused-ring (bicyclic) bond motifs is 1. The molecule has 2 atom stereocenters. The summed E-state index contributed by atoms with van der Waals surface area (Å²) < 4.78 is 13.2.